The Kier molecular flexibility index (Phi) is 3.62. The maximum Gasteiger partial charge on any atom is 0.0213 e. The van der Waals surface area contributed by atoms with Gasteiger partial charge < -0.3 is 10.6 Å². The van der Waals surface area contributed by atoms with Gasteiger partial charge in [-0.25, -0.2) is 0 Å². The van der Waals surface area contributed by atoms with Gasteiger partial charge in [0.2, 0.25) is 0 Å². The van der Waals surface area contributed by atoms with Crippen molar-refractivity contribution in [2.45, 2.75) is 39.8 Å². The number of hydrogen-bond acceptors (Lipinski definition) is 2. The molecule has 0 saturated carbocycles. The first-order chi connectivity index (χ1) is 7.66. The Morgan fingerprint density at radius 3 is 2.50 bits per heavy atom. The molecule has 1 heterocycles. The molecule has 1 aliphatic rings. The highest BCUT2D eigenvalue weighted by molar-refractivity contribution is 5.37. The highest BCUT2D eigenvalue weighted by atomic mass is 15.0. The monoisotopic (exact) mass is 218 g/mol. The van der Waals surface area contributed by atoms with Crippen LogP contribution >= 0.6 is 0 Å². The number of benzene rings is 1. The van der Waals surface area contributed by atoms with Crippen molar-refractivity contribution in [2.75, 3.05) is 13.1 Å². The molecule has 0 aromatic heterocycles. The molecular weight excluding hydrogens is 196 g/mol. The minimum atomic E-state index is 0.653. The summed E-state index contributed by atoms with van der Waals surface area (Å²) in [7, 11) is 0. The molecule has 2 nitrogen and oxygen atoms in total. The smallest absolute Gasteiger partial charge is 0.0213 e. The third kappa shape index (κ3) is 2.63. The highest BCUT2D eigenvalue weighted by Crippen LogP contribution is 2.16. The van der Waals surface area contributed by atoms with E-state index in [1.54, 1.807) is 0 Å². The zero-order chi connectivity index (χ0) is 11.5. The van der Waals surface area contributed by atoms with Crippen molar-refractivity contribution in [3.05, 3.63) is 34.4 Å². The molecule has 0 spiro atoms. The first-order valence-corrected chi connectivity index (χ1v) is 6.17. The van der Waals surface area contributed by atoms with Crippen LogP contribution in [-0.2, 0) is 6.54 Å². The van der Waals surface area contributed by atoms with Crippen LogP contribution < -0.4 is 10.6 Å². The predicted molar refractivity (Wildman–Crippen MR) is 68.8 cm³/mol. The highest BCUT2D eigenvalue weighted by Gasteiger charge is 2.14. The summed E-state index contributed by atoms with van der Waals surface area (Å²) in [4.78, 5) is 0. The Morgan fingerprint density at radius 2 is 1.94 bits per heavy atom. The molecule has 1 aliphatic heterocycles. The second-order valence-electron chi connectivity index (χ2n) is 4.95. The summed E-state index contributed by atoms with van der Waals surface area (Å²) < 4.78 is 0. The molecule has 1 saturated heterocycles. The average molecular weight is 218 g/mol. The van der Waals surface area contributed by atoms with Crippen LogP contribution in [0.3, 0.4) is 0 Å². The second kappa shape index (κ2) is 4.98. The Hall–Kier alpha value is -0.860. The lowest BCUT2D eigenvalue weighted by Gasteiger charge is -2.15. The SMILES string of the molecule is Cc1cc(C)c(CNC2CCNC2)c(C)c1. The van der Waals surface area contributed by atoms with E-state index in [0.717, 1.165) is 19.6 Å². The largest absolute Gasteiger partial charge is 0.315 e. The second-order valence-corrected chi connectivity index (χ2v) is 4.95. The molecule has 0 aliphatic carbocycles. The first kappa shape index (κ1) is 11.6. The lowest BCUT2D eigenvalue weighted by atomic mass is 9.99. The summed E-state index contributed by atoms with van der Waals surface area (Å²) in [6.07, 6.45) is 1.25. The molecule has 1 fully saturated rings. The maximum absolute atomic E-state index is 3.64. The lowest BCUT2D eigenvalue weighted by Crippen LogP contribution is -2.30. The Morgan fingerprint density at radius 1 is 1.25 bits per heavy atom. The van der Waals surface area contributed by atoms with Crippen molar-refractivity contribution < 1.29 is 0 Å². The van der Waals surface area contributed by atoms with Crippen LogP contribution in [0.5, 0.6) is 0 Å². The van der Waals surface area contributed by atoms with Crippen molar-refractivity contribution in [1.82, 2.24) is 10.6 Å². The number of aryl methyl sites for hydroxylation is 3. The van der Waals surface area contributed by atoms with Crippen LogP contribution in [0.15, 0.2) is 12.1 Å². The fourth-order valence-corrected chi connectivity index (χ4v) is 2.56. The summed E-state index contributed by atoms with van der Waals surface area (Å²) in [6, 6.07) is 5.20. The van der Waals surface area contributed by atoms with Crippen molar-refractivity contribution >= 4 is 0 Å². The van der Waals surface area contributed by atoms with Crippen LogP contribution in [0, 0.1) is 20.8 Å². The normalized spacial score (nSPS) is 20.3. The minimum Gasteiger partial charge on any atom is -0.315 e. The van der Waals surface area contributed by atoms with Gasteiger partial charge in [-0.3, -0.25) is 0 Å². The van der Waals surface area contributed by atoms with Gasteiger partial charge in [0.25, 0.3) is 0 Å². The molecule has 2 heteroatoms. The van der Waals surface area contributed by atoms with E-state index in [-0.39, 0.29) is 0 Å². The molecule has 16 heavy (non-hydrogen) atoms. The lowest BCUT2D eigenvalue weighted by molar-refractivity contribution is 0.545. The van der Waals surface area contributed by atoms with Gasteiger partial charge in [-0.05, 0) is 50.4 Å². The van der Waals surface area contributed by atoms with Crippen LogP contribution in [-0.4, -0.2) is 19.1 Å². The van der Waals surface area contributed by atoms with Crippen LogP contribution in [0.4, 0.5) is 0 Å². The van der Waals surface area contributed by atoms with Crippen LogP contribution in [0.2, 0.25) is 0 Å². The van der Waals surface area contributed by atoms with Gasteiger partial charge in [0.1, 0.15) is 0 Å². The van der Waals surface area contributed by atoms with Crippen molar-refractivity contribution in [3.8, 4) is 0 Å². The van der Waals surface area contributed by atoms with E-state index in [0.29, 0.717) is 6.04 Å². The van der Waals surface area contributed by atoms with Crippen molar-refractivity contribution in [1.29, 1.82) is 0 Å². The van der Waals surface area contributed by atoms with E-state index >= 15 is 0 Å². The van der Waals surface area contributed by atoms with E-state index in [2.05, 4.69) is 43.5 Å². The van der Waals surface area contributed by atoms with Crippen molar-refractivity contribution in [3.63, 3.8) is 0 Å². The van der Waals surface area contributed by atoms with Gasteiger partial charge in [-0.1, -0.05) is 17.7 Å². The van der Waals surface area contributed by atoms with E-state index in [1.165, 1.54) is 28.7 Å². The van der Waals surface area contributed by atoms with Gasteiger partial charge >= 0.3 is 0 Å². The number of rotatable bonds is 3. The van der Waals surface area contributed by atoms with E-state index in [4.69, 9.17) is 0 Å². The molecule has 1 aromatic carbocycles. The quantitative estimate of drug-likeness (QED) is 0.811. The van der Waals surface area contributed by atoms with Gasteiger partial charge in [-0.2, -0.15) is 0 Å². The molecule has 2 rings (SSSR count). The maximum atomic E-state index is 3.64. The van der Waals surface area contributed by atoms with Crippen molar-refractivity contribution in [2.24, 2.45) is 0 Å². The van der Waals surface area contributed by atoms with Crippen LogP contribution in [0.1, 0.15) is 28.7 Å². The number of nitrogens with one attached hydrogen (secondary N) is 2. The predicted octanol–water partition coefficient (Wildman–Crippen LogP) is 2.06. The number of hydrogen-bond donors (Lipinski definition) is 2. The van der Waals surface area contributed by atoms with E-state index < -0.39 is 0 Å². The fraction of sp³-hybridized carbons (Fsp3) is 0.571. The minimum absolute atomic E-state index is 0.653. The molecule has 0 radical (unpaired) electrons. The molecule has 0 amide bonds. The van der Waals surface area contributed by atoms with Gasteiger partial charge in [0.15, 0.2) is 0 Å². The van der Waals surface area contributed by atoms with Gasteiger partial charge in [0, 0.05) is 19.1 Å². The standard InChI is InChI=1S/C14H22N2/c1-10-6-11(2)14(12(3)7-10)9-16-13-4-5-15-8-13/h6-7,13,15-16H,4-5,8-9H2,1-3H3. The molecule has 1 atom stereocenters. The summed E-state index contributed by atoms with van der Waals surface area (Å²) in [5.41, 5.74) is 5.66. The Bertz CT molecular complexity index is 342. The third-order valence-electron chi connectivity index (χ3n) is 3.47. The molecule has 0 bridgehead atoms. The third-order valence-corrected chi connectivity index (χ3v) is 3.47. The average Bonchev–Trinajstić information content (AvgIpc) is 2.68. The zero-order valence-electron chi connectivity index (χ0n) is 10.6. The molecule has 2 N–H and O–H groups in total. The van der Waals surface area contributed by atoms with Crippen LogP contribution in [0.25, 0.3) is 0 Å². The molecule has 88 valence electrons. The van der Waals surface area contributed by atoms with E-state index in [1.807, 2.05) is 0 Å². The molecule has 1 aromatic rings. The summed E-state index contributed by atoms with van der Waals surface area (Å²) >= 11 is 0. The Balaban J connectivity index is 2.03. The fourth-order valence-electron chi connectivity index (χ4n) is 2.56. The summed E-state index contributed by atoms with van der Waals surface area (Å²) in [5.74, 6) is 0. The summed E-state index contributed by atoms with van der Waals surface area (Å²) in [6.45, 7) is 9.86. The first-order valence-electron chi connectivity index (χ1n) is 6.17. The molecular formula is C14H22N2. The van der Waals surface area contributed by atoms with E-state index in [9.17, 15) is 0 Å². The summed E-state index contributed by atoms with van der Waals surface area (Å²) in [5, 5.41) is 7.02. The van der Waals surface area contributed by atoms with Gasteiger partial charge in [-0.15, -0.1) is 0 Å². The molecule has 1 unspecified atom stereocenters. The topological polar surface area (TPSA) is 24.1 Å². The van der Waals surface area contributed by atoms with Gasteiger partial charge in [0.05, 0.1) is 0 Å². The Labute approximate surface area is 98.4 Å². The zero-order valence-corrected chi connectivity index (χ0v) is 10.6.